The Morgan fingerprint density at radius 1 is 1.03 bits per heavy atom. The minimum Gasteiger partial charge on any atom is -0.274 e. The third-order valence-corrected chi connectivity index (χ3v) is 10.3. The highest BCUT2D eigenvalue weighted by atomic mass is 32.2. The van der Waals surface area contributed by atoms with Gasteiger partial charge in [0.1, 0.15) is 5.82 Å². The van der Waals surface area contributed by atoms with E-state index in [1.807, 2.05) is 18.2 Å². The lowest BCUT2D eigenvalue weighted by Crippen LogP contribution is -2.34. The molecule has 1 aliphatic rings. The number of aromatic nitrogens is 5. The SMILES string of the molecule is CCCS(=O)(=O)N[C@H]1C[C@@H](CC)[C@@H](c2nnc3cnc4c(ccn4S(=O)(=O)c4ccc(C)cc4)n23)C1. The summed E-state index contributed by atoms with van der Waals surface area (Å²) in [6.07, 6.45) is 5.78. The second-order valence-corrected chi connectivity index (χ2v) is 13.2. The molecule has 0 radical (unpaired) electrons. The van der Waals surface area contributed by atoms with Crippen LogP contribution in [0.25, 0.3) is 16.8 Å². The number of hydrogen-bond donors (Lipinski definition) is 1. The van der Waals surface area contributed by atoms with Crippen molar-refractivity contribution < 1.29 is 16.8 Å². The van der Waals surface area contributed by atoms with E-state index in [4.69, 9.17) is 0 Å². The van der Waals surface area contributed by atoms with Gasteiger partial charge in [0.2, 0.25) is 10.0 Å². The smallest absolute Gasteiger partial charge is 0.269 e. The molecule has 192 valence electrons. The van der Waals surface area contributed by atoms with Crippen molar-refractivity contribution in [3.63, 3.8) is 0 Å². The summed E-state index contributed by atoms with van der Waals surface area (Å²) in [6, 6.07) is 8.24. The molecule has 4 aromatic rings. The Bertz CT molecular complexity index is 1620. The summed E-state index contributed by atoms with van der Waals surface area (Å²) in [6.45, 7) is 5.84. The van der Waals surface area contributed by atoms with E-state index in [0.717, 1.165) is 18.4 Å². The van der Waals surface area contributed by atoms with Crippen LogP contribution in [0.4, 0.5) is 0 Å². The zero-order valence-electron chi connectivity index (χ0n) is 20.5. The number of nitrogens with zero attached hydrogens (tertiary/aromatic N) is 5. The van der Waals surface area contributed by atoms with Crippen LogP contribution >= 0.6 is 0 Å². The first-order valence-corrected chi connectivity index (χ1v) is 15.3. The van der Waals surface area contributed by atoms with E-state index in [9.17, 15) is 16.8 Å². The molecule has 0 unspecified atom stereocenters. The van der Waals surface area contributed by atoms with Crippen molar-refractivity contribution in [1.29, 1.82) is 0 Å². The molecule has 0 spiro atoms. The van der Waals surface area contributed by atoms with Gasteiger partial charge in [-0.15, -0.1) is 10.2 Å². The van der Waals surface area contributed by atoms with Gasteiger partial charge in [-0.1, -0.05) is 38.0 Å². The molecular formula is C24H30N6O4S2. The van der Waals surface area contributed by atoms with Crippen LogP contribution in [0.1, 0.15) is 56.8 Å². The summed E-state index contributed by atoms with van der Waals surface area (Å²) in [4.78, 5) is 4.59. The van der Waals surface area contributed by atoms with E-state index < -0.39 is 20.0 Å². The normalized spacial score (nSPS) is 21.0. The van der Waals surface area contributed by atoms with E-state index >= 15 is 0 Å². The Morgan fingerprint density at radius 3 is 2.47 bits per heavy atom. The number of sulfonamides is 1. The van der Waals surface area contributed by atoms with E-state index in [-0.39, 0.29) is 34.2 Å². The van der Waals surface area contributed by atoms with Crippen LogP contribution in [0.15, 0.2) is 47.6 Å². The average molecular weight is 531 g/mol. The Balaban J connectivity index is 1.56. The van der Waals surface area contributed by atoms with Gasteiger partial charge in [-0.3, -0.25) is 4.40 Å². The number of rotatable bonds is 8. The molecule has 1 aliphatic carbocycles. The third-order valence-electron chi connectivity index (χ3n) is 7.01. The fourth-order valence-corrected chi connectivity index (χ4v) is 7.93. The highest BCUT2D eigenvalue weighted by molar-refractivity contribution is 7.90. The third kappa shape index (κ3) is 4.31. The van der Waals surface area contributed by atoms with E-state index in [1.165, 1.54) is 16.4 Å². The van der Waals surface area contributed by atoms with Crippen LogP contribution in [-0.2, 0) is 20.0 Å². The molecule has 0 amide bonds. The number of aryl methyl sites for hydroxylation is 1. The second-order valence-electron chi connectivity index (χ2n) is 9.53. The standard InChI is InChI=1S/C24H30N6O4S2/c1-4-12-35(31,32)28-18-13-17(5-2)20(14-18)23-27-26-22-15-25-24-21(30(22)23)10-11-29(24)36(33,34)19-8-6-16(3)7-9-19/h6-11,15,17-18,20,28H,4-5,12-14H2,1-3H3/t17-,18+,20+/m1/s1. The maximum absolute atomic E-state index is 13.4. The highest BCUT2D eigenvalue weighted by Crippen LogP contribution is 2.41. The van der Waals surface area contributed by atoms with Gasteiger partial charge in [-0.2, -0.15) is 0 Å². The van der Waals surface area contributed by atoms with Crippen LogP contribution in [0, 0.1) is 12.8 Å². The molecule has 3 atom stereocenters. The summed E-state index contributed by atoms with van der Waals surface area (Å²) in [5.74, 6) is 0.996. The van der Waals surface area contributed by atoms with Gasteiger partial charge in [-0.25, -0.2) is 30.5 Å². The molecule has 10 nitrogen and oxygen atoms in total. The molecule has 1 N–H and O–H groups in total. The van der Waals surface area contributed by atoms with Gasteiger partial charge < -0.3 is 0 Å². The molecule has 0 saturated heterocycles. The first-order valence-electron chi connectivity index (χ1n) is 12.2. The summed E-state index contributed by atoms with van der Waals surface area (Å²) in [5, 5.41) is 8.77. The molecule has 3 heterocycles. The van der Waals surface area contributed by atoms with E-state index in [0.29, 0.717) is 29.8 Å². The molecule has 0 bridgehead atoms. The van der Waals surface area contributed by atoms with Crippen LogP contribution in [0.5, 0.6) is 0 Å². The first kappa shape index (κ1) is 24.8. The molecule has 5 rings (SSSR count). The number of fused-ring (bicyclic) bond motifs is 3. The lowest BCUT2D eigenvalue weighted by atomic mass is 9.93. The van der Waals surface area contributed by atoms with Crippen LogP contribution in [0.3, 0.4) is 0 Å². The van der Waals surface area contributed by atoms with Crippen LogP contribution in [0.2, 0.25) is 0 Å². The number of benzene rings is 1. The first-order chi connectivity index (χ1) is 17.1. The van der Waals surface area contributed by atoms with Crippen molar-refractivity contribution in [3.05, 3.63) is 54.1 Å². The van der Waals surface area contributed by atoms with Crippen molar-refractivity contribution in [2.24, 2.45) is 5.92 Å². The molecule has 36 heavy (non-hydrogen) atoms. The van der Waals surface area contributed by atoms with Crippen molar-refractivity contribution in [3.8, 4) is 0 Å². The van der Waals surface area contributed by atoms with Crippen molar-refractivity contribution >= 4 is 36.9 Å². The van der Waals surface area contributed by atoms with Gasteiger partial charge in [0, 0.05) is 18.2 Å². The van der Waals surface area contributed by atoms with Crippen LogP contribution in [-0.4, -0.2) is 52.2 Å². The van der Waals surface area contributed by atoms with Crippen molar-refractivity contribution in [2.75, 3.05) is 5.75 Å². The summed E-state index contributed by atoms with van der Waals surface area (Å²) in [5.41, 5.74) is 2.37. The molecule has 3 aromatic heterocycles. The summed E-state index contributed by atoms with van der Waals surface area (Å²) < 4.78 is 57.4. The number of hydrogen-bond acceptors (Lipinski definition) is 7. The predicted molar refractivity (Wildman–Crippen MR) is 137 cm³/mol. The monoisotopic (exact) mass is 530 g/mol. The largest absolute Gasteiger partial charge is 0.274 e. The molecule has 1 aromatic carbocycles. The van der Waals surface area contributed by atoms with Gasteiger partial charge in [0.25, 0.3) is 10.0 Å². The topological polar surface area (TPSA) is 128 Å². The van der Waals surface area contributed by atoms with E-state index in [2.05, 4.69) is 26.8 Å². The van der Waals surface area contributed by atoms with Crippen molar-refractivity contribution in [1.82, 2.24) is 28.3 Å². The lowest BCUT2D eigenvalue weighted by molar-refractivity contribution is 0.449. The Hall–Kier alpha value is -2.83. The molecule has 0 aliphatic heterocycles. The van der Waals surface area contributed by atoms with Crippen LogP contribution < -0.4 is 4.72 Å². The molecule has 1 saturated carbocycles. The molecular weight excluding hydrogens is 500 g/mol. The quantitative estimate of drug-likeness (QED) is 0.370. The van der Waals surface area contributed by atoms with Gasteiger partial charge in [-0.05, 0) is 50.3 Å². The Labute approximate surface area is 210 Å². The maximum Gasteiger partial charge on any atom is 0.269 e. The zero-order chi connectivity index (χ0) is 25.7. The summed E-state index contributed by atoms with van der Waals surface area (Å²) in [7, 11) is -7.18. The van der Waals surface area contributed by atoms with Gasteiger partial charge in [0.15, 0.2) is 11.3 Å². The zero-order valence-corrected chi connectivity index (χ0v) is 22.1. The lowest BCUT2D eigenvalue weighted by Gasteiger charge is -2.16. The maximum atomic E-state index is 13.4. The molecule has 12 heteroatoms. The fraction of sp³-hybridized carbons (Fsp3) is 0.458. The predicted octanol–water partition coefficient (Wildman–Crippen LogP) is 3.23. The molecule has 1 fully saturated rings. The number of nitrogens with one attached hydrogen (secondary N) is 1. The highest BCUT2D eigenvalue weighted by Gasteiger charge is 2.38. The van der Waals surface area contributed by atoms with E-state index in [1.54, 1.807) is 30.3 Å². The minimum absolute atomic E-state index is 0.0259. The van der Waals surface area contributed by atoms with Crippen molar-refractivity contribution in [2.45, 2.75) is 63.3 Å². The average Bonchev–Trinajstić information content (AvgIpc) is 3.54. The Morgan fingerprint density at radius 2 is 1.78 bits per heavy atom. The minimum atomic E-state index is -3.85. The van der Waals surface area contributed by atoms with Gasteiger partial charge >= 0.3 is 0 Å². The Kier molecular flexibility index (Phi) is 6.38. The summed E-state index contributed by atoms with van der Waals surface area (Å²) >= 11 is 0. The van der Waals surface area contributed by atoms with Gasteiger partial charge in [0.05, 0.1) is 22.4 Å². The second kappa shape index (κ2) is 9.24. The fourth-order valence-electron chi connectivity index (χ4n) is 5.28.